The molecule has 0 saturated carbocycles. The van der Waals surface area contributed by atoms with Crippen molar-refractivity contribution in [3.63, 3.8) is 0 Å². The molecule has 1 amide bonds. The fourth-order valence-electron chi connectivity index (χ4n) is 1.14. The number of hydrogen-bond donors (Lipinski definition) is 1. The molecule has 0 bridgehead atoms. The van der Waals surface area contributed by atoms with E-state index in [1.807, 2.05) is 0 Å². The predicted molar refractivity (Wildman–Crippen MR) is 73.5 cm³/mol. The van der Waals surface area contributed by atoms with E-state index in [1.54, 1.807) is 20.8 Å². The van der Waals surface area contributed by atoms with Gasteiger partial charge in [-0.2, -0.15) is 0 Å². The zero-order valence-corrected chi connectivity index (χ0v) is 20.3. The van der Waals surface area contributed by atoms with Crippen LogP contribution in [0.1, 0.15) is 27.2 Å². The molecule has 8 heteroatoms. The Kier molecular flexibility index (Phi) is 15.2. The van der Waals surface area contributed by atoms with Crippen LogP contribution in [-0.4, -0.2) is 38.6 Å². The topological polar surface area (TPSA) is 66.0 Å². The van der Waals surface area contributed by atoms with Crippen molar-refractivity contribution >= 4 is 14.7 Å². The Balaban J connectivity index is 0. The van der Waals surface area contributed by atoms with E-state index < -0.39 is 20.3 Å². The van der Waals surface area contributed by atoms with Gasteiger partial charge >= 0.3 is 83.6 Å². The largest absolute Gasteiger partial charge is 1.00 e. The van der Waals surface area contributed by atoms with Gasteiger partial charge in [0.05, 0.1) is 12.6 Å². The van der Waals surface area contributed by atoms with Crippen LogP contribution in [0.25, 0.3) is 0 Å². The summed E-state index contributed by atoms with van der Waals surface area (Å²) < 4.78 is 20.4. The standard InChI is InChI=1S/C12H23NO5P.Cs/c1-7-8-10(9-17-19(15-5)16-6)13-11(14)18-12(2,3)4;/h1,7,10H,8-9H2,2-6H3,(H,13,14);/q-1;+1. The molecular formula is C12H23CsNO5P. The van der Waals surface area contributed by atoms with Gasteiger partial charge in [0.1, 0.15) is 5.60 Å². The second-order valence-corrected chi connectivity index (χ2v) is 6.13. The average molecular weight is 425 g/mol. The molecule has 0 aliphatic rings. The maximum absolute atomic E-state index is 11.6. The van der Waals surface area contributed by atoms with E-state index in [0.29, 0.717) is 6.42 Å². The van der Waals surface area contributed by atoms with Crippen molar-refractivity contribution in [1.82, 2.24) is 5.32 Å². The first-order valence-corrected chi connectivity index (χ1v) is 6.96. The van der Waals surface area contributed by atoms with Crippen molar-refractivity contribution in [2.24, 2.45) is 0 Å². The summed E-state index contributed by atoms with van der Waals surface area (Å²) in [4.78, 5) is 11.6. The first-order chi connectivity index (χ1) is 8.82. The summed E-state index contributed by atoms with van der Waals surface area (Å²) in [6.45, 7) is 11.0. The van der Waals surface area contributed by atoms with Crippen molar-refractivity contribution < 1.29 is 92.0 Å². The Hall–Kier alpha value is 1.37. The maximum atomic E-state index is 11.6. The fourth-order valence-corrected chi connectivity index (χ4v) is 1.80. The molecule has 1 N–H and O–H groups in total. The SMILES string of the molecule is [CH-]=CCC(COP(OC)OC)NC(=O)OC(C)(C)C.[Cs+]. The molecule has 0 rings (SSSR count). The van der Waals surface area contributed by atoms with Crippen LogP contribution in [0.5, 0.6) is 0 Å². The smallest absolute Gasteiger partial charge is 0.518 e. The minimum Gasteiger partial charge on any atom is -0.518 e. The zero-order chi connectivity index (χ0) is 14.9. The fraction of sp³-hybridized carbons (Fsp3) is 0.750. The quantitative estimate of drug-likeness (QED) is 0.431. The van der Waals surface area contributed by atoms with Crippen LogP contribution in [0.3, 0.4) is 0 Å². The summed E-state index contributed by atoms with van der Waals surface area (Å²) in [5.41, 5.74) is -0.548. The van der Waals surface area contributed by atoms with Crippen LogP contribution in [0.15, 0.2) is 6.08 Å². The zero-order valence-electron chi connectivity index (χ0n) is 13.1. The van der Waals surface area contributed by atoms with Crippen LogP contribution in [-0.2, 0) is 18.3 Å². The Morgan fingerprint density at radius 1 is 1.35 bits per heavy atom. The number of carbonyl (C=O) groups is 1. The molecule has 0 fully saturated rings. The number of alkyl carbamates (subject to hydrolysis) is 1. The monoisotopic (exact) mass is 425 g/mol. The van der Waals surface area contributed by atoms with Crippen LogP contribution in [0.2, 0.25) is 0 Å². The summed E-state index contributed by atoms with van der Waals surface area (Å²) in [5, 5.41) is 2.68. The Labute approximate surface area is 181 Å². The van der Waals surface area contributed by atoms with E-state index in [9.17, 15) is 4.79 Å². The average Bonchev–Trinajstić information content (AvgIpc) is 2.27. The molecule has 0 aromatic rings. The molecule has 0 heterocycles. The van der Waals surface area contributed by atoms with E-state index in [2.05, 4.69) is 5.32 Å². The number of carbonyl (C=O) groups excluding carboxylic acids is 1. The first kappa shape index (κ1) is 23.6. The van der Waals surface area contributed by atoms with Gasteiger partial charge in [0.2, 0.25) is 0 Å². The van der Waals surface area contributed by atoms with Crippen LogP contribution in [0.4, 0.5) is 4.79 Å². The Bertz CT molecular complexity index is 282. The van der Waals surface area contributed by atoms with E-state index >= 15 is 0 Å². The molecule has 0 aliphatic heterocycles. The van der Waals surface area contributed by atoms with Gasteiger partial charge in [0.15, 0.2) is 0 Å². The number of nitrogens with one attached hydrogen (secondary N) is 1. The third kappa shape index (κ3) is 13.1. The molecule has 6 nitrogen and oxygen atoms in total. The normalized spacial score (nSPS) is 12.5. The second kappa shape index (κ2) is 12.9. The molecule has 0 aromatic carbocycles. The first-order valence-electron chi connectivity index (χ1n) is 5.86. The molecule has 1 atom stereocenters. The summed E-state index contributed by atoms with van der Waals surface area (Å²) in [5.74, 6) is 0. The summed E-state index contributed by atoms with van der Waals surface area (Å²) in [7, 11) is 1.58. The molecule has 20 heavy (non-hydrogen) atoms. The van der Waals surface area contributed by atoms with Gasteiger partial charge in [-0.25, -0.2) is 4.79 Å². The molecular weight excluding hydrogens is 402 g/mol. The van der Waals surface area contributed by atoms with Crippen molar-refractivity contribution in [3.05, 3.63) is 12.7 Å². The third-order valence-corrected chi connectivity index (χ3v) is 2.78. The van der Waals surface area contributed by atoms with Crippen LogP contribution in [0, 0.1) is 6.58 Å². The van der Waals surface area contributed by atoms with Gasteiger partial charge in [0.25, 0.3) is 0 Å². The van der Waals surface area contributed by atoms with Crippen molar-refractivity contribution in [2.45, 2.75) is 38.8 Å². The third-order valence-electron chi connectivity index (χ3n) is 1.82. The molecule has 0 saturated heterocycles. The van der Waals surface area contributed by atoms with E-state index in [4.69, 9.17) is 24.9 Å². The molecule has 112 valence electrons. The predicted octanol–water partition coefficient (Wildman–Crippen LogP) is -0.201. The summed E-state index contributed by atoms with van der Waals surface area (Å²) >= 11 is 0. The van der Waals surface area contributed by atoms with Crippen LogP contribution >= 0.6 is 8.60 Å². The maximum Gasteiger partial charge on any atom is 1.00 e. The van der Waals surface area contributed by atoms with Crippen LogP contribution < -0.4 is 74.2 Å². The molecule has 0 radical (unpaired) electrons. The van der Waals surface area contributed by atoms with Gasteiger partial charge in [-0.3, -0.25) is 6.08 Å². The Morgan fingerprint density at radius 2 is 1.90 bits per heavy atom. The van der Waals surface area contributed by atoms with Gasteiger partial charge < -0.3 is 30.2 Å². The van der Waals surface area contributed by atoms with E-state index in [0.717, 1.165) is 0 Å². The Morgan fingerprint density at radius 3 is 2.30 bits per heavy atom. The minimum absolute atomic E-state index is 0. The second-order valence-electron chi connectivity index (χ2n) is 4.70. The number of hydrogen-bond acceptors (Lipinski definition) is 5. The number of amides is 1. The van der Waals surface area contributed by atoms with Gasteiger partial charge in [-0.1, -0.05) is 0 Å². The molecule has 1 unspecified atom stereocenters. The number of rotatable bonds is 8. The van der Waals surface area contributed by atoms with E-state index in [-0.39, 0.29) is 81.5 Å². The van der Waals surface area contributed by atoms with Gasteiger partial charge in [-0.05, 0) is 27.2 Å². The van der Waals surface area contributed by atoms with Gasteiger partial charge in [-0.15, -0.1) is 0 Å². The summed E-state index contributed by atoms with van der Waals surface area (Å²) in [6, 6.07) is -0.296. The van der Waals surface area contributed by atoms with Crippen molar-refractivity contribution in [1.29, 1.82) is 0 Å². The molecule has 0 spiro atoms. The molecule has 0 aromatic heterocycles. The minimum atomic E-state index is -1.40. The van der Waals surface area contributed by atoms with E-state index in [1.165, 1.54) is 20.3 Å². The summed E-state index contributed by atoms with van der Waals surface area (Å²) in [6.07, 6.45) is 1.39. The molecule has 0 aliphatic carbocycles. The van der Waals surface area contributed by atoms with Crippen molar-refractivity contribution in [2.75, 3.05) is 20.8 Å². The van der Waals surface area contributed by atoms with Gasteiger partial charge in [0, 0.05) is 14.2 Å². The van der Waals surface area contributed by atoms with Crippen molar-refractivity contribution in [3.8, 4) is 0 Å². The number of ether oxygens (including phenoxy) is 1.